The topological polar surface area (TPSA) is 110 Å². The highest BCUT2D eigenvalue weighted by Gasteiger charge is 2.19. The molecule has 8 nitrogen and oxygen atoms in total. The van der Waals surface area contributed by atoms with Gasteiger partial charge >= 0.3 is 5.69 Å². The molecule has 0 fully saturated rings. The average molecular weight is 393 g/mol. The molecular weight excluding hydrogens is 377 g/mol. The van der Waals surface area contributed by atoms with Crippen molar-refractivity contribution in [1.29, 1.82) is 0 Å². The normalized spacial score (nSPS) is 12.4. The van der Waals surface area contributed by atoms with Crippen molar-refractivity contribution in [3.63, 3.8) is 0 Å². The van der Waals surface area contributed by atoms with E-state index >= 15 is 0 Å². The lowest BCUT2D eigenvalue weighted by Crippen LogP contribution is -2.06. The summed E-state index contributed by atoms with van der Waals surface area (Å²) in [6, 6.07) is 11.4. The highest BCUT2D eigenvalue weighted by atomic mass is 19.1. The quantitative estimate of drug-likeness (QED) is 0.490. The minimum absolute atomic E-state index is 0.0631. The minimum Gasteiger partial charge on any atom is -0.326 e. The van der Waals surface area contributed by atoms with Crippen molar-refractivity contribution in [3.05, 3.63) is 81.4 Å². The zero-order valence-corrected chi connectivity index (χ0v) is 15.2. The second-order valence-corrected chi connectivity index (χ2v) is 6.63. The summed E-state index contributed by atoms with van der Waals surface area (Å²) in [7, 11) is 0. The fraction of sp³-hybridized carbons (Fsp3) is 0.150. The van der Waals surface area contributed by atoms with Crippen LogP contribution in [0.4, 0.5) is 27.4 Å². The fourth-order valence-electron chi connectivity index (χ4n) is 3.16. The zero-order valence-electron chi connectivity index (χ0n) is 15.2. The number of rotatable bonds is 6. The van der Waals surface area contributed by atoms with Crippen LogP contribution in [0.3, 0.4) is 0 Å². The second-order valence-electron chi connectivity index (χ2n) is 6.63. The Labute approximate surface area is 165 Å². The standard InChI is InChI=1S/C20H16FN5O3/c21-14-4-1-12(2-5-14)3-7-17-18(26(28)29)11-22-20(25-17)23-15-6-8-16-13(9-15)10-19(27)24-16/h1-2,4-6,8-9,11H,3,7,10H2,(H,24,27)(H,22,23,25). The summed E-state index contributed by atoms with van der Waals surface area (Å²) in [5.41, 5.74) is 3.28. The number of nitrogens with one attached hydrogen (secondary N) is 2. The van der Waals surface area contributed by atoms with E-state index < -0.39 is 4.92 Å². The van der Waals surface area contributed by atoms with Crippen LogP contribution in [0.15, 0.2) is 48.7 Å². The highest BCUT2D eigenvalue weighted by molar-refractivity contribution is 5.99. The number of nitrogens with zero attached hydrogens (tertiary/aromatic N) is 3. The van der Waals surface area contributed by atoms with Crippen molar-refractivity contribution in [1.82, 2.24) is 9.97 Å². The van der Waals surface area contributed by atoms with E-state index in [1.165, 1.54) is 18.3 Å². The predicted octanol–water partition coefficient (Wildman–Crippen LogP) is 3.55. The molecule has 29 heavy (non-hydrogen) atoms. The molecule has 0 saturated heterocycles. The van der Waals surface area contributed by atoms with Gasteiger partial charge in [0.15, 0.2) is 0 Å². The maximum Gasteiger partial charge on any atom is 0.309 e. The molecule has 3 aromatic rings. The van der Waals surface area contributed by atoms with Crippen LogP contribution < -0.4 is 10.6 Å². The van der Waals surface area contributed by atoms with Crippen molar-refractivity contribution in [2.24, 2.45) is 0 Å². The van der Waals surface area contributed by atoms with Crippen LogP contribution >= 0.6 is 0 Å². The monoisotopic (exact) mass is 393 g/mol. The molecule has 0 unspecified atom stereocenters. The summed E-state index contributed by atoms with van der Waals surface area (Å²) in [4.78, 5) is 30.6. The first-order chi connectivity index (χ1) is 14.0. The Morgan fingerprint density at radius 3 is 2.72 bits per heavy atom. The number of carbonyl (C=O) groups excluding carboxylic acids is 1. The number of nitro groups is 1. The van der Waals surface area contributed by atoms with E-state index in [-0.39, 0.29) is 29.1 Å². The third-order valence-electron chi connectivity index (χ3n) is 4.59. The van der Waals surface area contributed by atoms with Gasteiger partial charge in [0.2, 0.25) is 11.9 Å². The molecule has 0 bridgehead atoms. The summed E-state index contributed by atoms with van der Waals surface area (Å²) in [6.07, 6.45) is 2.26. The third kappa shape index (κ3) is 4.18. The van der Waals surface area contributed by atoms with Gasteiger partial charge in [0, 0.05) is 17.8 Å². The van der Waals surface area contributed by atoms with Crippen LogP contribution in [0.25, 0.3) is 0 Å². The van der Waals surface area contributed by atoms with E-state index in [9.17, 15) is 19.3 Å². The number of hydrogen-bond acceptors (Lipinski definition) is 6. The van der Waals surface area contributed by atoms with Crippen LogP contribution in [-0.2, 0) is 24.1 Å². The van der Waals surface area contributed by atoms with Crippen LogP contribution in [0.5, 0.6) is 0 Å². The first-order valence-electron chi connectivity index (χ1n) is 8.92. The average Bonchev–Trinajstić information content (AvgIpc) is 3.07. The molecule has 1 amide bonds. The zero-order chi connectivity index (χ0) is 20.4. The van der Waals surface area contributed by atoms with Crippen LogP contribution in [-0.4, -0.2) is 20.8 Å². The lowest BCUT2D eigenvalue weighted by molar-refractivity contribution is -0.386. The maximum atomic E-state index is 13.0. The van der Waals surface area contributed by atoms with Gasteiger partial charge in [0.1, 0.15) is 17.7 Å². The summed E-state index contributed by atoms with van der Waals surface area (Å²) in [6.45, 7) is 0. The number of hydrogen-bond donors (Lipinski definition) is 2. The largest absolute Gasteiger partial charge is 0.326 e. The molecule has 0 atom stereocenters. The molecule has 146 valence electrons. The summed E-state index contributed by atoms with van der Waals surface area (Å²) >= 11 is 0. The minimum atomic E-state index is -0.517. The Bertz CT molecular complexity index is 1100. The first-order valence-corrected chi connectivity index (χ1v) is 8.92. The summed E-state index contributed by atoms with van der Waals surface area (Å²) in [5, 5.41) is 17.1. The van der Waals surface area contributed by atoms with Crippen LogP contribution in [0.1, 0.15) is 16.8 Å². The van der Waals surface area contributed by atoms with E-state index in [1.54, 1.807) is 24.3 Å². The molecular formula is C20H16FN5O3. The number of aromatic nitrogens is 2. The molecule has 0 spiro atoms. The van der Waals surface area contributed by atoms with Gasteiger partial charge in [0.25, 0.3) is 0 Å². The van der Waals surface area contributed by atoms with Crippen LogP contribution in [0, 0.1) is 15.9 Å². The Morgan fingerprint density at radius 2 is 1.97 bits per heavy atom. The first kappa shape index (κ1) is 18.5. The van der Waals surface area contributed by atoms with Crippen molar-refractivity contribution in [3.8, 4) is 0 Å². The smallest absolute Gasteiger partial charge is 0.309 e. The third-order valence-corrected chi connectivity index (χ3v) is 4.59. The van der Waals surface area contributed by atoms with Gasteiger partial charge < -0.3 is 10.6 Å². The molecule has 1 aromatic heterocycles. The molecule has 1 aliphatic rings. The van der Waals surface area contributed by atoms with Crippen molar-refractivity contribution in [2.75, 3.05) is 10.6 Å². The van der Waals surface area contributed by atoms with E-state index in [1.807, 2.05) is 6.07 Å². The Balaban J connectivity index is 1.54. The number of halogens is 1. The number of benzene rings is 2. The molecule has 9 heteroatoms. The van der Waals surface area contributed by atoms with Gasteiger partial charge in [0.05, 0.1) is 11.3 Å². The Morgan fingerprint density at radius 1 is 1.17 bits per heavy atom. The predicted molar refractivity (Wildman–Crippen MR) is 105 cm³/mol. The van der Waals surface area contributed by atoms with Crippen molar-refractivity contribution >= 4 is 28.9 Å². The summed E-state index contributed by atoms with van der Waals surface area (Å²) in [5.74, 6) is -0.173. The van der Waals surface area contributed by atoms with Crippen molar-refractivity contribution < 1.29 is 14.1 Å². The fourth-order valence-corrected chi connectivity index (χ4v) is 3.16. The van der Waals surface area contributed by atoms with Gasteiger partial charge in [-0.3, -0.25) is 14.9 Å². The van der Waals surface area contributed by atoms with E-state index in [4.69, 9.17) is 0 Å². The van der Waals surface area contributed by atoms with Gasteiger partial charge in [-0.25, -0.2) is 14.4 Å². The molecule has 0 saturated carbocycles. The lowest BCUT2D eigenvalue weighted by atomic mass is 10.1. The molecule has 4 rings (SSSR count). The second kappa shape index (κ2) is 7.63. The molecule has 0 aliphatic carbocycles. The van der Waals surface area contributed by atoms with E-state index in [0.29, 0.717) is 24.9 Å². The van der Waals surface area contributed by atoms with E-state index in [2.05, 4.69) is 20.6 Å². The highest BCUT2D eigenvalue weighted by Crippen LogP contribution is 2.27. The Hall–Kier alpha value is -3.88. The van der Waals surface area contributed by atoms with Gasteiger partial charge in [-0.2, -0.15) is 0 Å². The SMILES string of the molecule is O=C1Cc2cc(Nc3ncc([N+](=O)[O-])c(CCc4ccc(F)cc4)n3)ccc2N1. The number of amides is 1. The van der Waals surface area contributed by atoms with Gasteiger partial charge in [-0.05, 0) is 47.9 Å². The molecule has 0 radical (unpaired) electrons. The number of carbonyl (C=O) groups is 1. The number of anilines is 3. The van der Waals surface area contributed by atoms with Gasteiger partial charge in [-0.1, -0.05) is 12.1 Å². The van der Waals surface area contributed by atoms with Gasteiger partial charge in [-0.15, -0.1) is 0 Å². The van der Waals surface area contributed by atoms with E-state index in [0.717, 1.165) is 16.8 Å². The molecule has 1 aliphatic heterocycles. The molecule has 2 N–H and O–H groups in total. The number of fused-ring (bicyclic) bond motifs is 1. The maximum absolute atomic E-state index is 13.0. The Kier molecular flexibility index (Phi) is 4.86. The lowest BCUT2D eigenvalue weighted by Gasteiger charge is -2.09. The molecule has 2 heterocycles. The van der Waals surface area contributed by atoms with Crippen molar-refractivity contribution in [2.45, 2.75) is 19.3 Å². The van der Waals surface area contributed by atoms with Crippen LogP contribution in [0.2, 0.25) is 0 Å². The summed E-state index contributed by atoms with van der Waals surface area (Å²) < 4.78 is 13.0. The molecule has 2 aromatic carbocycles. The number of aryl methyl sites for hydroxylation is 2.